The molecule has 0 atom stereocenters. The lowest BCUT2D eigenvalue weighted by Gasteiger charge is -0.413. The van der Waals surface area contributed by atoms with Gasteiger partial charge in [-0.15, -0.1) is 0 Å². The Labute approximate surface area is 34.5 Å². The van der Waals surface area contributed by atoms with E-state index in [9.17, 15) is 0 Å². The molecular formula is C2H18O2+4. The highest BCUT2D eigenvalue weighted by Gasteiger charge is -0.0765. The molecule has 0 aliphatic carbocycles. The van der Waals surface area contributed by atoms with Crippen molar-refractivity contribution in [2.75, 3.05) is 0 Å². The van der Waals surface area contributed by atoms with Gasteiger partial charge in [0.15, 0.2) is 0 Å². The van der Waals surface area contributed by atoms with Crippen molar-refractivity contribution in [3.63, 3.8) is 0 Å². The molecule has 4 N–H and O–H groups in total. The molecule has 0 aromatic rings. The molecule has 0 aromatic heterocycles. The molecule has 0 unspecified atom stereocenters. The molecule has 2 heteroatoms. The van der Waals surface area contributed by atoms with E-state index in [-0.39, 0.29) is 32.9 Å². The van der Waals surface area contributed by atoms with Crippen LogP contribution < -0.4 is 0 Å². The quantitative estimate of drug-likeness (QED) is 0.397. The highest BCUT2D eigenvalue weighted by atomic mass is 16.0. The third-order valence-corrected chi connectivity index (χ3v) is 0. The third kappa shape index (κ3) is 254. The first-order chi connectivity index (χ1) is 0. The summed E-state index contributed by atoms with van der Waals surface area (Å²) in [5, 5.41) is 0. The third-order valence-electron chi connectivity index (χ3n) is 0. The summed E-state index contributed by atoms with van der Waals surface area (Å²) in [7, 11) is 0. The molecule has 0 bridgehead atoms. The molecule has 0 aromatic carbocycles. The molecule has 4 heavy (non-hydrogen) atoms. The normalized spacial score (nSPS) is 0. The van der Waals surface area contributed by atoms with Crippen molar-refractivity contribution in [2.24, 2.45) is 0 Å². The molecule has 0 saturated heterocycles. The summed E-state index contributed by atoms with van der Waals surface area (Å²) in [4.78, 5) is 0. The Kier molecular flexibility index (Phi) is 2200000. The summed E-state index contributed by atoms with van der Waals surface area (Å²) in [5.74, 6) is 0. The van der Waals surface area contributed by atoms with Crippen LogP contribution in [0.25, 0.3) is 0 Å². The van der Waals surface area contributed by atoms with Gasteiger partial charge in [-0.25, -0.2) is 0 Å². The van der Waals surface area contributed by atoms with Crippen molar-refractivity contribution in [3.8, 4) is 0 Å². The minimum atomic E-state index is 0. The monoisotopic (exact) mass is 74.1 g/mol. The maximum atomic E-state index is 0. The van der Waals surface area contributed by atoms with Crippen LogP contribution in [0.2, 0.25) is 0 Å². The molecule has 0 amide bonds. The smallest absolute Gasteiger partial charge is 0.412 e. The lowest BCUT2D eigenvalue weighted by molar-refractivity contribution is 0.823. The summed E-state index contributed by atoms with van der Waals surface area (Å²) in [6, 6.07) is 0. The lowest BCUT2D eigenvalue weighted by Crippen LogP contribution is -0.290. The molecular weight excluding hydrogens is 56.0 g/mol. The van der Waals surface area contributed by atoms with Crippen LogP contribution in [0, 0.1) is 0 Å². The Hall–Kier alpha value is -0.0800. The first-order valence-electron chi connectivity index (χ1n) is 0. The summed E-state index contributed by atoms with van der Waals surface area (Å²) >= 11 is 0. The van der Waals surface area contributed by atoms with Crippen LogP contribution >= 0.6 is 0 Å². The van der Waals surface area contributed by atoms with E-state index < -0.39 is 0 Å². The first-order valence-corrected chi connectivity index (χ1v) is 0. The summed E-state index contributed by atoms with van der Waals surface area (Å²) in [6.45, 7) is 0. The van der Waals surface area contributed by atoms with Crippen molar-refractivity contribution >= 4 is 0 Å². The highest BCUT2D eigenvalue weighted by Crippen LogP contribution is 0.145. The molecule has 0 radical (unpaired) electrons. The Morgan fingerprint density at radius 3 is 1.00 bits per heavy atom. The minimum absolute atomic E-state index is 0. The first kappa shape index (κ1) is 5220. The summed E-state index contributed by atoms with van der Waals surface area (Å²) in [6.07, 6.45) is 0. The average Bonchev–Trinajstić information content (AvgIpc) is 0. The van der Waals surface area contributed by atoms with Gasteiger partial charge in [0.25, 0.3) is 0 Å². The van der Waals surface area contributed by atoms with Crippen LogP contribution in [-0.2, 0) is 0 Å². The van der Waals surface area contributed by atoms with Gasteiger partial charge in [-0.3, -0.25) is 0 Å². The second kappa shape index (κ2) is 1680. The molecule has 2 nitrogen and oxygen atoms in total. The van der Waals surface area contributed by atoms with Crippen molar-refractivity contribution < 1.29 is 18.1 Å². The lowest BCUT2D eigenvalue weighted by atomic mass is 12.0. The summed E-state index contributed by atoms with van der Waals surface area (Å²) in [5.41, 5.74) is 0. The van der Waals surface area contributed by atoms with Gasteiger partial charge < -0.3 is 11.0 Å². The van der Waals surface area contributed by atoms with E-state index in [0.717, 1.165) is 0 Å². The fourth-order valence-corrected chi connectivity index (χ4v) is 0. The average molecular weight is 74.2 g/mol. The maximum absolute atomic E-state index is 0. The van der Waals surface area contributed by atoms with Crippen LogP contribution in [0.4, 0.5) is 0 Å². The fraction of sp³-hybridized carbons (Fsp3) is 1.00. The fourth-order valence-electron chi connectivity index (χ4n) is 0. The van der Waals surface area contributed by atoms with E-state index in [0.29, 0.717) is 0 Å². The number of hydrogen-bond donors (Lipinski definition) is 0. The molecule has 0 rings (SSSR count). The molecule has 0 aliphatic rings. The molecule has 34 valence electrons. The predicted molar refractivity (Wildman–Crippen MR) is 27.3 cm³/mol. The van der Waals surface area contributed by atoms with Gasteiger partial charge in [-0.2, -0.15) is 0 Å². The van der Waals surface area contributed by atoms with Gasteiger partial charge in [-0.05, 0) is 0 Å². The van der Waals surface area contributed by atoms with Gasteiger partial charge in [0.2, 0.25) is 0 Å². The molecule has 0 heterocycles. The zero-order valence-corrected chi connectivity index (χ0v) is 1.00. The van der Waals surface area contributed by atoms with E-state index in [1.165, 1.54) is 0 Å². The van der Waals surface area contributed by atoms with E-state index in [4.69, 9.17) is 0 Å². The van der Waals surface area contributed by atoms with Crippen LogP contribution in [0.1, 0.15) is 22.0 Å². The van der Waals surface area contributed by atoms with Crippen molar-refractivity contribution in [2.45, 2.75) is 14.9 Å². The van der Waals surface area contributed by atoms with Gasteiger partial charge in [0.05, 0.1) is 0 Å². The standard InChI is InChI=1S/2CH4.2H2O.H2/h2*1H4;2*1H2;1H/p+4. The SMILES string of the molecule is C.C.O.O.[H+].[H+].[H+].[H+].[HH]. The van der Waals surface area contributed by atoms with Gasteiger partial charge in [-0.1, -0.05) is 14.9 Å². The van der Waals surface area contributed by atoms with E-state index in [1.807, 2.05) is 0 Å². The van der Waals surface area contributed by atoms with Gasteiger partial charge in [0, 0.05) is 1.43 Å². The minimum Gasteiger partial charge on any atom is -0.412 e. The number of rotatable bonds is 0. The van der Waals surface area contributed by atoms with Crippen molar-refractivity contribution in [1.82, 2.24) is 0 Å². The van der Waals surface area contributed by atoms with E-state index in [1.54, 1.807) is 0 Å². The second-order valence-corrected chi connectivity index (χ2v) is 0. The zero-order chi connectivity index (χ0) is 0. The number of hydrogen-bond acceptors (Lipinski definition) is 0. The zero-order valence-electron chi connectivity index (χ0n) is 5.00. The Morgan fingerprint density at radius 2 is 1.00 bits per heavy atom. The molecule has 0 spiro atoms. The van der Waals surface area contributed by atoms with Crippen LogP contribution in [0.3, 0.4) is 0 Å². The van der Waals surface area contributed by atoms with Crippen molar-refractivity contribution in [1.29, 1.82) is 0 Å². The topological polar surface area (TPSA) is 63.0 Å². The van der Waals surface area contributed by atoms with Gasteiger partial charge >= 0.3 is 5.71 Å². The Balaban J connectivity index is 0. The molecule has 0 fully saturated rings. The van der Waals surface area contributed by atoms with E-state index >= 15 is 0 Å². The van der Waals surface area contributed by atoms with E-state index in [2.05, 4.69) is 0 Å². The van der Waals surface area contributed by atoms with Crippen molar-refractivity contribution in [3.05, 3.63) is 0 Å². The Bertz CT molecular complexity index is 12.9. The maximum Gasteiger partial charge on any atom is 1.00 e. The molecule has 0 saturated carbocycles. The van der Waals surface area contributed by atoms with Crippen LogP contribution in [-0.4, -0.2) is 11.0 Å². The van der Waals surface area contributed by atoms with Crippen LogP contribution in [0.5, 0.6) is 0 Å². The predicted octanol–water partition coefficient (Wildman–Crippen LogP) is 0.319. The van der Waals surface area contributed by atoms with Gasteiger partial charge in [0.1, 0.15) is 0 Å². The highest BCUT2D eigenvalue weighted by molar-refractivity contribution is 2.50. The second-order valence-electron chi connectivity index (χ2n) is 0. The molecule has 0 aliphatic heterocycles. The van der Waals surface area contributed by atoms with Crippen LogP contribution in [0.15, 0.2) is 0 Å². The summed E-state index contributed by atoms with van der Waals surface area (Å²) < 4.78 is 0. The largest absolute Gasteiger partial charge is 1.00 e. The Morgan fingerprint density at radius 1 is 1.00 bits per heavy atom.